The molecule has 136 valence electrons. The topological polar surface area (TPSA) is 58.1 Å². The minimum atomic E-state index is 0.000841. The van der Waals surface area contributed by atoms with Gasteiger partial charge in [-0.2, -0.15) is 0 Å². The molecular formula is C21H26N4O. The van der Waals surface area contributed by atoms with Crippen molar-refractivity contribution in [2.45, 2.75) is 45.2 Å². The molecule has 2 aliphatic rings. The number of nitrogens with zero attached hydrogens (tertiary/aromatic N) is 3. The minimum Gasteiger partial charge on any atom is -0.349 e. The first-order valence-electron chi connectivity index (χ1n) is 9.48. The molecule has 1 aliphatic heterocycles. The highest BCUT2D eigenvalue weighted by molar-refractivity contribution is 5.94. The number of carbonyl (C=O) groups excluding carboxylic acids is 1. The Morgan fingerprint density at radius 3 is 2.73 bits per heavy atom. The second-order valence-corrected chi connectivity index (χ2v) is 7.87. The zero-order valence-corrected chi connectivity index (χ0v) is 15.3. The molecule has 0 aromatic carbocycles. The summed E-state index contributed by atoms with van der Waals surface area (Å²) in [5, 5.41) is 3.16. The molecule has 3 heterocycles. The van der Waals surface area contributed by atoms with Gasteiger partial charge in [-0.3, -0.25) is 19.7 Å². The van der Waals surface area contributed by atoms with Crippen LogP contribution in [-0.2, 0) is 6.54 Å². The van der Waals surface area contributed by atoms with E-state index in [1.54, 1.807) is 18.5 Å². The third kappa shape index (κ3) is 3.78. The molecule has 1 amide bonds. The van der Waals surface area contributed by atoms with Crippen molar-refractivity contribution in [2.75, 3.05) is 13.1 Å². The fourth-order valence-corrected chi connectivity index (χ4v) is 4.36. The van der Waals surface area contributed by atoms with E-state index in [1.165, 1.54) is 12.8 Å². The summed E-state index contributed by atoms with van der Waals surface area (Å²) in [7, 11) is 0. The average Bonchev–Trinajstić information content (AvgIpc) is 2.63. The molecule has 1 aliphatic carbocycles. The summed E-state index contributed by atoms with van der Waals surface area (Å²) >= 11 is 0. The SMILES string of the molecule is Cc1cccc(CN2CCC3(CC2)CC(NC(=O)c2cccnc2)C3)n1. The number of aromatic nitrogens is 2. The number of nitrogens with one attached hydrogen (secondary N) is 1. The molecule has 1 spiro atoms. The van der Waals surface area contributed by atoms with Crippen LogP contribution in [-0.4, -0.2) is 39.9 Å². The normalized spacial score (nSPS) is 19.9. The first-order chi connectivity index (χ1) is 12.6. The van der Waals surface area contributed by atoms with Crippen molar-refractivity contribution < 1.29 is 4.79 Å². The second-order valence-electron chi connectivity index (χ2n) is 7.87. The Morgan fingerprint density at radius 1 is 1.23 bits per heavy atom. The summed E-state index contributed by atoms with van der Waals surface area (Å²) in [6, 6.07) is 10.2. The second kappa shape index (κ2) is 7.16. The van der Waals surface area contributed by atoms with Crippen molar-refractivity contribution in [3.8, 4) is 0 Å². The Labute approximate surface area is 154 Å². The number of aryl methyl sites for hydroxylation is 1. The number of piperidine rings is 1. The van der Waals surface area contributed by atoms with Gasteiger partial charge in [-0.25, -0.2) is 0 Å². The zero-order chi connectivity index (χ0) is 18.0. The molecule has 2 aromatic heterocycles. The predicted molar refractivity (Wildman–Crippen MR) is 101 cm³/mol. The van der Waals surface area contributed by atoms with Gasteiger partial charge in [0.15, 0.2) is 0 Å². The maximum Gasteiger partial charge on any atom is 0.253 e. The Hall–Kier alpha value is -2.27. The van der Waals surface area contributed by atoms with Crippen molar-refractivity contribution >= 4 is 5.91 Å². The molecule has 1 saturated carbocycles. The number of amides is 1. The summed E-state index contributed by atoms with van der Waals surface area (Å²) in [6.45, 7) is 5.24. The molecule has 1 saturated heterocycles. The molecular weight excluding hydrogens is 324 g/mol. The number of hydrogen-bond acceptors (Lipinski definition) is 4. The van der Waals surface area contributed by atoms with Gasteiger partial charge in [-0.15, -0.1) is 0 Å². The van der Waals surface area contributed by atoms with Gasteiger partial charge in [0.05, 0.1) is 11.3 Å². The van der Waals surface area contributed by atoms with Crippen LogP contribution in [0.3, 0.4) is 0 Å². The third-order valence-electron chi connectivity index (χ3n) is 5.87. The smallest absolute Gasteiger partial charge is 0.253 e. The molecule has 0 unspecified atom stereocenters. The number of likely N-dealkylation sites (tertiary alicyclic amines) is 1. The molecule has 5 nitrogen and oxygen atoms in total. The van der Waals surface area contributed by atoms with E-state index in [4.69, 9.17) is 0 Å². The highest BCUT2D eigenvalue weighted by Gasteiger charge is 2.46. The fraction of sp³-hybridized carbons (Fsp3) is 0.476. The molecule has 0 atom stereocenters. The Kier molecular flexibility index (Phi) is 4.72. The lowest BCUT2D eigenvalue weighted by atomic mass is 9.60. The van der Waals surface area contributed by atoms with E-state index in [0.29, 0.717) is 17.0 Å². The first-order valence-corrected chi connectivity index (χ1v) is 9.48. The van der Waals surface area contributed by atoms with Gasteiger partial charge in [0.25, 0.3) is 5.91 Å². The van der Waals surface area contributed by atoms with E-state index >= 15 is 0 Å². The third-order valence-corrected chi connectivity index (χ3v) is 5.87. The molecule has 4 rings (SSSR count). The van der Waals surface area contributed by atoms with Crippen LogP contribution < -0.4 is 5.32 Å². The lowest BCUT2D eigenvalue weighted by Gasteiger charge is -2.52. The summed E-state index contributed by atoms with van der Waals surface area (Å²) in [5.74, 6) is 0.000841. The van der Waals surface area contributed by atoms with Gasteiger partial charge in [-0.1, -0.05) is 6.07 Å². The molecule has 5 heteroatoms. The largest absolute Gasteiger partial charge is 0.349 e. The van der Waals surface area contributed by atoms with Gasteiger partial charge in [0.1, 0.15) is 0 Å². The van der Waals surface area contributed by atoms with Crippen LogP contribution in [0, 0.1) is 12.3 Å². The summed E-state index contributed by atoms with van der Waals surface area (Å²) in [6.07, 6.45) is 7.97. The summed E-state index contributed by atoms with van der Waals surface area (Å²) < 4.78 is 0. The molecule has 0 bridgehead atoms. The fourth-order valence-electron chi connectivity index (χ4n) is 4.36. The van der Waals surface area contributed by atoms with Crippen LogP contribution in [0.4, 0.5) is 0 Å². The van der Waals surface area contributed by atoms with Gasteiger partial charge in [0.2, 0.25) is 0 Å². The average molecular weight is 350 g/mol. The van der Waals surface area contributed by atoms with E-state index in [0.717, 1.165) is 43.9 Å². The van der Waals surface area contributed by atoms with E-state index in [1.807, 2.05) is 19.1 Å². The van der Waals surface area contributed by atoms with Crippen molar-refractivity contribution in [1.29, 1.82) is 0 Å². The molecule has 0 radical (unpaired) electrons. The van der Waals surface area contributed by atoms with Crippen LogP contribution in [0.15, 0.2) is 42.7 Å². The number of pyridine rings is 2. The van der Waals surface area contributed by atoms with E-state index < -0.39 is 0 Å². The lowest BCUT2D eigenvalue weighted by Crippen LogP contribution is -2.54. The monoisotopic (exact) mass is 350 g/mol. The van der Waals surface area contributed by atoms with Crippen molar-refractivity contribution in [2.24, 2.45) is 5.41 Å². The Morgan fingerprint density at radius 2 is 2.04 bits per heavy atom. The van der Waals surface area contributed by atoms with Crippen molar-refractivity contribution in [1.82, 2.24) is 20.2 Å². The Bertz CT molecular complexity index is 761. The molecule has 26 heavy (non-hydrogen) atoms. The molecule has 1 N–H and O–H groups in total. The Balaban J connectivity index is 1.24. The number of rotatable bonds is 4. The van der Waals surface area contributed by atoms with Gasteiger partial charge >= 0.3 is 0 Å². The van der Waals surface area contributed by atoms with Crippen LogP contribution in [0.2, 0.25) is 0 Å². The lowest BCUT2D eigenvalue weighted by molar-refractivity contribution is 0.00435. The zero-order valence-electron chi connectivity index (χ0n) is 15.3. The van der Waals surface area contributed by atoms with Crippen LogP contribution >= 0.6 is 0 Å². The van der Waals surface area contributed by atoms with Crippen molar-refractivity contribution in [3.05, 3.63) is 59.7 Å². The maximum atomic E-state index is 12.2. The van der Waals surface area contributed by atoms with Gasteiger partial charge in [-0.05, 0) is 75.4 Å². The van der Waals surface area contributed by atoms with Crippen LogP contribution in [0.25, 0.3) is 0 Å². The number of hydrogen-bond donors (Lipinski definition) is 1. The first kappa shape index (κ1) is 17.2. The van der Waals surface area contributed by atoms with Crippen molar-refractivity contribution in [3.63, 3.8) is 0 Å². The highest BCUT2D eigenvalue weighted by Crippen LogP contribution is 2.49. The summed E-state index contributed by atoms with van der Waals surface area (Å²) in [4.78, 5) is 23.4. The summed E-state index contributed by atoms with van der Waals surface area (Å²) in [5.41, 5.74) is 3.33. The molecule has 2 fully saturated rings. The van der Waals surface area contributed by atoms with E-state index in [2.05, 4.69) is 32.3 Å². The minimum absolute atomic E-state index is 0.000841. The molecule has 2 aromatic rings. The number of carbonyl (C=O) groups is 1. The van der Waals surface area contributed by atoms with E-state index in [9.17, 15) is 4.79 Å². The predicted octanol–water partition coefficient (Wildman–Crippen LogP) is 2.96. The van der Waals surface area contributed by atoms with E-state index in [-0.39, 0.29) is 5.91 Å². The van der Waals surface area contributed by atoms with Gasteiger partial charge < -0.3 is 5.32 Å². The van der Waals surface area contributed by atoms with Crippen LogP contribution in [0.1, 0.15) is 47.4 Å². The van der Waals surface area contributed by atoms with Gasteiger partial charge in [0, 0.05) is 30.7 Å². The highest BCUT2D eigenvalue weighted by atomic mass is 16.1. The maximum absolute atomic E-state index is 12.2. The van der Waals surface area contributed by atoms with Crippen LogP contribution in [0.5, 0.6) is 0 Å². The quantitative estimate of drug-likeness (QED) is 0.921. The standard InChI is InChI=1S/C21H26N4O/c1-16-4-2-6-18(23-16)15-25-10-7-21(8-11-25)12-19(13-21)24-20(26)17-5-3-9-22-14-17/h2-6,9,14,19H,7-8,10-13,15H2,1H3,(H,24,26).